The summed E-state index contributed by atoms with van der Waals surface area (Å²) in [6.45, 7) is 4.77. The standard InChI is InChI=1S/C14H19FN2O2/c1-16-5-7-17(8-6-16)10-11-3-2-4-12(9-11)13(15)14(18)19/h2-4,9,13H,5-8,10H2,1H3,(H,18,19). The highest BCUT2D eigenvalue weighted by Crippen LogP contribution is 2.19. The lowest BCUT2D eigenvalue weighted by Crippen LogP contribution is -2.43. The first-order chi connectivity index (χ1) is 9.06. The first kappa shape index (κ1) is 14.0. The third kappa shape index (κ3) is 3.75. The van der Waals surface area contributed by atoms with E-state index in [-0.39, 0.29) is 5.56 Å². The number of rotatable bonds is 4. The quantitative estimate of drug-likeness (QED) is 0.897. The summed E-state index contributed by atoms with van der Waals surface area (Å²) in [5.41, 5.74) is 1.19. The van der Waals surface area contributed by atoms with E-state index in [4.69, 9.17) is 5.11 Å². The summed E-state index contributed by atoms with van der Waals surface area (Å²) < 4.78 is 13.4. The van der Waals surface area contributed by atoms with Gasteiger partial charge in [0.05, 0.1) is 0 Å². The van der Waals surface area contributed by atoms with Gasteiger partial charge in [0.1, 0.15) is 0 Å². The molecule has 1 aromatic carbocycles. The number of halogens is 1. The van der Waals surface area contributed by atoms with E-state index in [1.165, 1.54) is 6.07 Å². The van der Waals surface area contributed by atoms with Crippen LogP contribution < -0.4 is 0 Å². The molecule has 1 aliphatic heterocycles. The van der Waals surface area contributed by atoms with E-state index in [0.717, 1.165) is 38.3 Å². The van der Waals surface area contributed by atoms with E-state index in [2.05, 4.69) is 16.8 Å². The molecule has 0 radical (unpaired) electrons. The smallest absolute Gasteiger partial charge is 0.343 e. The number of alkyl halides is 1. The highest BCUT2D eigenvalue weighted by atomic mass is 19.1. The number of likely N-dealkylation sites (N-methyl/N-ethyl adjacent to an activating group) is 1. The van der Waals surface area contributed by atoms with Gasteiger partial charge in [-0.2, -0.15) is 0 Å². The maximum Gasteiger partial charge on any atom is 0.343 e. The third-order valence-corrected chi connectivity index (χ3v) is 3.46. The number of benzene rings is 1. The van der Waals surface area contributed by atoms with Gasteiger partial charge in [0, 0.05) is 32.7 Å². The fourth-order valence-electron chi connectivity index (χ4n) is 2.26. The molecule has 0 spiro atoms. The minimum atomic E-state index is -1.94. The molecular formula is C14H19FN2O2. The van der Waals surface area contributed by atoms with Gasteiger partial charge in [-0.25, -0.2) is 9.18 Å². The molecule has 1 N–H and O–H groups in total. The van der Waals surface area contributed by atoms with Crippen molar-refractivity contribution in [3.63, 3.8) is 0 Å². The van der Waals surface area contributed by atoms with Crippen LogP contribution in [0.25, 0.3) is 0 Å². The van der Waals surface area contributed by atoms with Gasteiger partial charge in [-0.05, 0) is 18.2 Å². The van der Waals surface area contributed by atoms with Crippen LogP contribution in [0.4, 0.5) is 4.39 Å². The Labute approximate surface area is 112 Å². The Kier molecular flexibility index (Phi) is 4.50. The van der Waals surface area contributed by atoms with Gasteiger partial charge in [-0.3, -0.25) is 4.90 Å². The lowest BCUT2D eigenvalue weighted by molar-refractivity contribution is -0.143. The van der Waals surface area contributed by atoms with Crippen molar-refractivity contribution in [3.8, 4) is 0 Å². The van der Waals surface area contributed by atoms with Crippen LogP contribution in [-0.2, 0) is 11.3 Å². The molecule has 1 heterocycles. The Morgan fingerprint density at radius 1 is 1.37 bits per heavy atom. The van der Waals surface area contributed by atoms with Crippen LogP contribution in [0.5, 0.6) is 0 Å². The molecule has 1 unspecified atom stereocenters. The minimum absolute atomic E-state index is 0.221. The van der Waals surface area contributed by atoms with Crippen LogP contribution in [-0.4, -0.2) is 54.1 Å². The number of carbonyl (C=O) groups is 1. The second-order valence-corrected chi connectivity index (χ2v) is 5.03. The van der Waals surface area contributed by atoms with Crippen molar-refractivity contribution in [3.05, 3.63) is 35.4 Å². The molecule has 1 saturated heterocycles. The Morgan fingerprint density at radius 3 is 2.68 bits per heavy atom. The van der Waals surface area contributed by atoms with E-state index in [1.54, 1.807) is 12.1 Å². The van der Waals surface area contributed by atoms with Crippen LogP contribution in [0.15, 0.2) is 24.3 Å². The predicted molar refractivity (Wildman–Crippen MR) is 70.7 cm³/mol. The van der Waals surface area contributed by atoms with Crippen LogP contribution in [0, 0.1) is 0 Å². The van der Waals surface area contributed by atoms with E-state index in [9.17, 15) is 9.18 Å². The van der Waals surface area contributed by atoms with Crippen LogP contribution in [0.1, 0.15) is 17.3 Å². The van der Waals surface area contributed by atoms with Crippen LogP contribution >= 0.6 is 0 Å². The average molecular weight is 266 g/mol. The minimum Gasteiger partial charge on any atom is -0.479 e. The molecule has 0 amide bonds. The van der Waals surface area contributed by atoms with E-state index >= 15 is 0 Å². The normalized spacial score (nSPS) is 19.3. The van der Waals surface area contributed by atoms with Gasteiger partial charge < -0.3 is 10.0 Å². The van der Waals surface area contributed by atoms with E-state index in [0.29, 0.717) is 0 Å². The maximum atomic E-state index is 13.4. The van der Waals surface area contributed by atoms with Gasteiger partial charge in [0.25, 0.3) is 0 Å². The topological polar surface area (TPSA) is 43.8 Å². The third-order valence-electron chi connectivity index (χ3n) is 3.46. The second-order valence-electron chi connectivity index (χ2n) is 5.03. The molecule has 0 aromatic heterocycles. The van der Waals surface area contributed by atoms with Crippen molar-refractivity contribution in [2.45, 2.75) is 12.7 Å². The lowest BCUT2D eigenvalue weighted by Gasteiger charge is -2.32. The SMILES string of the molecule is CN1CCN(Cc2cccc(C(F)C(=O)O)c2)CC1. The summed E-state index contributed by atoms with van der Waals surface area (Å²) in [7, 11) is 2.10. The highest BCUT2D eigenvalue weighted by Gasteiger charge is 2.19. The fraction of sp³-hybridized carbons (Fsp3) is 0.500. The zero-order valence-corrected chi connectivity index (χ0v) is 11.1. The van der Waals surface area contributed by atoms with E-state index in [1.807, 2.05) is 6.07 Å². The van der Waals surface area contributed by atoms with Gasteiger partial charge >= 0.3 is 5.97 Å². The molecule has 0 saturated carbocycles. The molecule has 0 bridgehead atoms. The van der Waals surface area contributed by atoms with Crippen LogP contribution in [0.2, 0.25) is 0 Å². The van der Waals surface area contributed by atoms with Crippen molar-refractivity contribution >= 4 is 5.97 Å². The van der Waals surface area contributed by atoms with Crippen LogP contribution in [0.3, 0.4) is 0 Å². The molecule has 1 aliphatic rings. The Hall–Kier alpha value is -1.46. The molecule has 1 fully saturated rings. The number of aliphatic carboxylic acids is 1. The zero-order chi connectivity index (χ0) is 13.8. The molecule has 4 nitrogen and oxygen atoms in total. The van der Waals surface area contributed by atoms with Crippen molar-refractivity contribution in [1.82, 2.24) is 9.80 Å². The molecule has 104 valence electrons. The summed E-state index contributed by atoms with van der Waals surface area (Å²) in [5.74, 6) is -1.43. The summed E-state index contributed by atoms with van der Waals surface area (Å²) in [6, 6.07) is 6.80. The van der Waals surface area contributed by atoms with Crippen molar-refractivity contribution < 1.29 is 14.3 Å². The molecular weight excluding hydrogens is 247 g/mol. The van der Waals surface area contributed by atoms with Gasteiger partial charge in [-0.15, -0.1) is 0 Å². The number of nitrogens with zero attached hydrogens (tertiary/aromatic N) is 2. The molecule has 5 heteroatoms. The van der Waals surface area contributed by atoms with Crippen molar-refractivity contribution in [1.29, 1.82) is 0 Å². The maximum absolute atomic E-state index is 13.4. The average Bonchev–Trinajstić information content (AvgIpc) is 2.41. The molecule has 0 aliphatic carbocycles. The second kappa shape index (κ2) is 6.12. The summed E-state index contributed by atoms with van der Waals surface area (Å²) in [4.78, 5) is 15.2. The monoisotopic (exact) mass is 266 g/mol. The summed E-state index contributed by atoms with van der Waals surface area (Å²) in [5, 5.41) is 8.69. The fourth-order valence-corrected chi connectivity index (χ4v) is 2.26. The molecule has 1 atom stereocenters. The van der Waals surface area contributed by atoms with Gasteiger partial charge in [-0.1, -0.05) is 24.3 Å². The Bertz CT molecular complexity index is 445. The van der Waals surface area contributed by atoms with Crippen molar-refractivity contribution in [2.75, 3.05) is 33.2 Å². The van der Waals surface area contributed by atoms with Gasteiger partial charge in [0.2, 0.25) is 6.17 Å². The summed E-state index contributed by atoms with van der Waals surface area (Å²) >= 11 is 0. The number of hydrogen-bond donors (Lipinski definition) is 1. The number of carboxylic acid groups (broad SMARTS) is 1. The largest absolute Gasteiger partial charge is 0.479 e. The highest BCUT2D eigenvalue weighted by molar-refractivity contribution is 5.74. The van der Waals surface area contributed by atoms with E-state index < -0.39 is 12.1 Å². The van der Waals surface area contributed by atoms with Gasteiger partial charge in [0.15, 0.2) is 0 Å². The first-order valence-corrected chi connectivity index (χ1v) is 6.43. The Balaban J connectivity index is 2.01. The zero-order valence-electron chi connectivity index (χ0n) is 11.1. The van der Waals surface area contributed by atoms with Crippen molar-refractivity contribution in [2.24, 2.45) is 0 Å². The molecule has 1 aromatic rings. The number of piperazine rings is 1. The Morgan fingerprint density at radius 2 is 2.05 bits per heavy atom. The molecule has 19 heavy (non-hydrogen) atoms. The first-order valence-electron chi connectivity index (χ1n) is 6.43. The summed E-state index contributed by atoms with van der Waals surface area (Å²) in [6.07, 6.45) is -1.94. The lowest BCUT2D eigenvalue weighted by atomic mass is 10.1. The number of hydrogen-bond acceptors (Lipinski definition) is 3. The molecule has 2 rings (SSSR count). The predicted octanol–water partition coefficient (Wildman–Crippen LogP) is 1.53. The number of carboxylic acids is 1.